The van der Waals surface area contributed by atoms with Gasteiger partial charge in [-0.3, -0.25) is 4.79 Å². The molecule has 2 aliphatic rings. The van der Waals surface area contributed by atoms with Crippen molar-refractivity contribution >= 4 is 23.5 Å². The minimum Gasteiger partial charge on any atom is -0.328 e. The highest BCUT2D eigenvalue weighted by molar-refractivity contribution is 7.98. The molecule has 0 radical (unpaired) electrons. The Morgan fingerprint density at radius 3 is 2.78 bits per heavy atom. The number of thioether (sulfide) groups is 1. The molecule has 6 heteroatoms. The molecule has 2 aromatic rings. The summed E-state index contributed by atoms with van der Waals surface area (Å²) >= 11 is 1.51. The average molecular weight is 326 g/mol. The highest BCUT2D eigenvalue weighted by Gasteiger charge is 2.38. The fraction of sp³-hybridized carbons (Fsp3) is 0.353. The second-order valence-electron chi connectivity index (χ2n) is 6.13. The fourth-order valence-electron chi connectivity index (χ4n) is 3.42. The summed E-state index contributed by atoms with van der Waals surface area (Å²) in [4.78, 5) is 17.3. The van der Waals surface area contributed by atoms with Gasteiger partial charge in [0.25, 0.3) is 0 Å². The van der Waals surface area contributed by atoms with Crippen LogP contribution in [0.4, 0.5) is 5.95 Å². The molecule has 0 spiro atoms. The van der Waals surface area contributed by atoms with Crippen molar-refractivity contribution < 1.29 is 4.79 Å². The van der Waals surface area contributed by atoms with E-state index in [9.17, 15) is 4.79 Å². The van der Waals surface area contributed by atoms with E-state index in [1.54, 1.807) is 0 Å². The quantitative estimate of drug-likeness (QED) is 0.858. The van der Waals surface area contributed by atoms with Crippen LogP contribution >= 0.6 is 11.8 Å². The molecule has 118 valence electrons. The van der Waals surface area contributed by atoms with E-state index in [1.807, 2.05) is 29.1 Å². The molecule has 2 heterocycles. The summed E-state index contributed by atoms with van der Waals surface area (Å²) < 4.78 is 1.86. The van der Waals surface area contributed by atoms with Gasteiger partial charge in [0, 0.05) is 17.7 Å². The number of nitrogens with one attached hydrogen (secondary N) is 1. The van der Waals surface area contributed by atoms with Crippen molar-refractivity contribution in [3.8, 4) is 0 Å². The number of carbonyl (C=O) groups is 1. The zero-order valence-electron chi connectivity index (χ0n) is 13.1. The van der Waals surface area contributed by atoms with Gasteiger partial charge in [0.2, 0.25) is 11.1 Å². The van der Waals surface area contributed by atoms with Crippen molar-refractivity contribution in [2.75, 3.05) is 11.6 Å². The molecule has 0 saturated carbocycles. The Bertz CT molecular complexity index is 796. The molecule has 0 amide bonds. The van der Waals surface area contributed by atoms with Crippen molar-refractivity contribution in [2.24, 2.45) is 5.92 Å². The lowest BCUT2D eigenvalue weighted by atomic mass is 9.81. The first-order valence-electron chi connectivity index (χ1n) is 7.76. The van der Waals surface area contributed by atoms with Crippen LogP contribution in [0.25, 0.3) is 0 Å². The molecule has 1 N–H and O–H groups in total. The number of hydrogen-bond acceptors (Lipinski definition) is 5. The van der Waals surface area contributed by atoms with Gasteiger partial charge in [0.1, 0.15) is 6.04 Å². The summed E-state index contributed by atoms with van der Waals surface area (Å²) in [5.74, 6) is 1.30. The predicted octanol–water partition coefficient (Wildman–Crippen LogP) is 3.27. The second kappa shape index (κ2) is 5.53. The van der Waals surface area contributed by atoms with Crippen LogP contribution in [0, 0.1) is 5.92 Å². The van der Waals surface area contributed by atoms with E-state index in [0.717, 1.165) is 29.2 Å². The van der Waals surface area contributed by atoms with E-state index in [0.29, 0.717) is 17.5 Å². The van der Waals surface area contributed by atoms with Crippen LogP contribution in [-0.2, 0) is 4.79 Å². The molecule has 1 aromatic heterocycles. The Morgan fingerprint density at radius 2 is 2.04 bits per heavy atom. The first-order valence-corrected chi connectivity index (χ1v) is 8.98. The Balaban J connectivity index is 1.91. The number of anilines is 1. The van der Waals surface area contributed by atoms with Gasteiger partial charge in [-0.25, -0.2) is 4.68 Å². The first kappa shape index (κ1) is 14.5. The van der Waals surface area contributed by atoms with Crippen LogP contribution in [0.5, 0.6) is 0 Å². The predicted molar refractivity (Wildman–Crippen MR) is 90.4 cm³/mol. The van der Waals surface area contributed by atoms with E-state index >= 15 is 0 Å². The molecule has 0 saturated heterocycles. The maximum Gasteiger partial charge on any atom is 0.227 e. The number of carbonyl (C=O) groups excluding carboxylic acids is 1. The molecule has 0 bridgehead atoms. The third-order valence-corrected chi connectivity index (χ3v) is 4.94. The lowest BCUT2D eigenvalue weighted by Gasteiger charge is -2.34. The maximum atomic E-state index is 12.7. The molecule has 0 fully saturated rings. The number of aromatic nitrogens is 3. The van der Waals surface area contributed by atoms with Crippen molar-refractivity contribution in [3.63, 3.8) is 0 Å². The zero-order valence-corrected chi connectivity index (χ0v) is 13.9. The van der Waals surface area contributed by atoms with Crippen LogP contribution < -0.4 is 5.32 Å². The van der Waals surface area contributed by atoms with Gasteiger partial charge in [-0.1, -0.05) is 49.0 Å². The number of allylic oxidation sites excluding steroid dienone is 2. The highest BCUT2D eigenvalue weighted by atomic mass is 32.2. The van der Waals surface area contributed by atoms with Crippen LogP contribution in [0.2, 0.25) is 0 Å². The molecule has 1 aliphatic heterocycles. The molecule has 1 aromatic carbocycles. The first-order chi connectivity index (χ1) is 11.2. The van der Waals surface area contributed by atoms with Gasteiger partial charge < -0.3 is 5.32 Å². The van der Waals surface area contributed by atoms with Gasteiger partial charge >= 0.3 is 0 Å². The minimum absolute atomic E-state index is 0.184. The summed E-state index contributed by atoms with van der Waals surface area (Å²) in [7, 11) is 0. The van der Waals surface area contributed by atoms with Crippen molar-refractivity contribution in [2.45, 2.75) is 31.0 Å². The van der Waals surface area contributed by atoms with Crippen molar-refractivity contribution in [1.82, 2.24) is 14.8 Å². The number of benzene rings is 1. The third-order valence-electron chi connectivity index (χ3n) is 4.40. The lowest BCUT2D eigenvalue weighted by molar-refractivity contribution is -0.117. The van der Waals surface area contributed by atoms with Crippen LogP contribution in [0.1, 0.15) is 31.4 Å². The molecule has 4 rings (SSSR count). The fourth-order valence-corrected chi connectivity index (χ4v) is 3.76. The molecule has 23 heavy (non-hydrogen) atoms. The van der Waals surface area contributed by atoms with E-state index in [-0.39, 0.29) is 11.8 Å². The summed E-state index contributed by atoms with van der Waals surface area (Å²) in [5, 5.41) is 8.66. The number of ketones is 1. The normalized spacial score (nSPS) is 23.3. The van der Waals surface area contributed by atoms with E-state index in [1.165, 1.54) is 11.8 Å². The highest BCUT2D eigenvalue weighted by Crippen LogP contribution is 2.41. The number of rotatable bonds is 2. The smallest absolute Gasteiger partial charge is 0.227 e. The summed E-state index contributed by atoms with van der Waals surface area (Å²) in [6.07, 6.45) is 3.44. The van der Waals surface area contributed by atoms with E-state index in [2.05, 4.69) is 34.5 Å². The van der Waals surface area contributed by atoms with Crippen molar-refractivity contribution in [1.29, 1.82) is 0 Å². The van der Waals surface area contributed by atoms with Crippen LogP contribution in [0.15, 0.2) is 46.8 Å². The van der Waals surface area contributed by atoms with Gasteiger partial charge in [0.15, 0.2) is 5.78 Å². The Morgan fingerprint density at radius 1 is 1.26 bits per heavy atom. The van der Waals surface area contributed by atoms with E-state index < -0.39 is 0 Å². The Kier molecular flexibility index (Phi) is 3.49. The minimum atomic E-state index is -0.184. The van der Waals surface area contributed by atoms with Crippen LogP contribution in [-0.4, -0.2) is 26.8 Å². The molecule has 5 nitrogen and oxygen atoms in total. The standard InChI is InChI=1S/C17H18N4OS/c1-10-8-12-14(13(22)9-10)15(11-6-4-3-5-7-11)21-16(18-12)19-17(20-21)23-2/h3-7,10,15H,8-9H2,1-2H3,(H,18,19,20)/t10-,15+/m1/s1. The number of fused-ring (bicyclic) bond motifs is 1. The molecule has 1 aliphatic carbocycles. The topological polar surface area (TPSA) is 59.8 Å². The maximum absolute atomic E-state index is 12.7. The summed E-state index contributed by atoms with van der Waals surface area (Å²) in [6.45, 7) is 2.12. The Hall–Kier alpha value is -2.08. The molecular weight excluding hydrogens is 308 g/mol. The van der Waals surface area contributed by atoms with Gasteiger partial charge in [-0.05, 0) is 24.2 Å². The molecule has 2 atom stereocenters. The zero-order chi connectivity index (χ0) is 16.0. The number of nitrogens with zero attached hydrogens (tertiary/aromatic N) is 3. The number of Topliss-reactive ketones (excluding diaryl/α,β-unsaturated/α-hetero) is 1. The van der Waals surface area contributed by atoms with Gasteiger partial charge in [0.05, 0.1) is 0 Å². The lowest BCUT2D eigenvalue weighted by Crippen LogP contribution is -2.33. The van der Waals surface area contributed by atoms with Gasteiger partial charge in [-0.2, -0.15) is 4.98 Å². The monoisotopic (exact) mass is 326 g/mol. The summed E-state index contributed by atoms with van der Waals surface area (Å²) in [6, 6.07) is 9.90. The van der Waals surface area contributed by atoms with Crippen LogP contribution in [0.3, 0.4) is 0 Å². The number of hydrogen-bond donors (Lipinski definition) is 1. The third kappa shape index (κ3) is 2.37. The van der Waals surface area contributed by atoms with Gasteiger partial charge in [-0.15, -0.1) is 5.10 Å². The largest absolute Gasteiger partial charge is 0.328 e. The Labute approximate surface area is 139 Å². The van der Waals surface area contributed by atoms with Crippen molar-refractivity contribution in [3.05, 3.63) is 47.2 Å². The second-order valence-corrected chi connectivity index (χ2v) is 6.91. The average Bonchev–Trinajstić information content (AvgIpc) is 2.96. The van der Waals surface area contributed by atoms with E-state index in [4.69, 9.17) is 0 Å². The SMILES string of the molecule is CSc1nc2n(n1)[C@@H](c1ccccc1)C1=C(C[C@@H](C)CC1=O)N2. The molecular formula is C17H18N4OS. The molecule has 0 unspecified atom stereocenters. The summed E-state index contributed by atoms with van der Waals surface area (Å²) in [5.41, 5.74) is 2.93.